The van der Waals surface area contributed by atoms with Crippen LogP contribution in [-0.2, 0) is 7.05 Å². The minimum absolute atomic E-state index is 0.194. The van der Waals surface area contributed by atoms with Crippen molar-refractivity contribution in [2.75, 3.05) is 13.9 Å². The minimum Gasteiger partial charge on any atom is -0.493 e. The largest absolute Gasteiger partial charge is 0.493 e. The van der Waals surface area contributed by atoms with E-state index in [0.29, 0.717) is 17.2 Å². The summed E-state index contributed by atoms with van der Waals surface area (Å²) >= 11 is 0. The molecule has 4 aromatic rings. The maximum atomic E-state index is 5.54. The van der Waals surface area contributed by atoms with Gasteiger partial charge < -0.3 is 14.2 Å². The number of pyridine rings is 1. The first-order valence-corrected chi connectivity index (χ1v) is 8.23. The third-order valence-corrected chi connectivity index (χ3v) is 4.72. The molecule has 0 saturated heterocycles. The molecule has 0 N–H and O–H groups in total. The quantitative estimate of drug-likeness (QED) is 0.554. The second kappa shape index (κ2) is 5.32. The molecule has 2 aromatic heterocycles. The molecule has 0 spiro atoms. The van der Waals surface area contributed by atoms with E-state index in [1.807, 2.05) is 25.2 Å². The van der Waals surface area contributed by atoms with E-state index in [9.17, 15) is 0 Å². The van der Waals surface area contributed by atoms with Crippen LogP contribution in [0.5, 0.6) is 17.2 Å². The van der Waals surface area contributed by atoms with Gasteiger partial charge in [0.05, 0.1) is 18.3 Å². The van der Waals surface area contributed by atoms with Gasteiger partial charge in [-0.15, -0.1) is 5.10 Å². The molecule has 0 aliphatic carbocycles. The highest BCUT2D eigenvalue weighted by atomic mass is 16.7. The molecular formula is C19H16N4O3. The van der Waals surface area contributed by atoms with E-state index in [2.05, 4.69) is 29.4 Å². The first-order valence-electron chi connectivity index (χ1n) is 8.23. The fourth-order valence-electron chi connectivity index (χ4n) is 3.38. The van der Waals surface area contributed by atoms with Crippen LogP contribution in [0.15, 0.2) is 30.3 Å². The number of rotatable bonds is 2. The van der Waals surface area contributed by atoms with Crippen molar-refractivity contribution in [2.45, 2.75) is 6.92 Å². The van der Waals surface area contributed by atoms with Crippen LogP contribution in [0.2, 0.25) is 0 Å². The monoisotopic (exact) mass is 348 g/mol. The molecule has 2 aromatic carbocycles. The summed E-state index contributed by atoms with van der Waals surface area (Å²) in [5.41, 5.74) is 5.42. The van der Waals surface area contributed by atoms with Gasteiger partial charge in [-0.05, 0) is 36.8 Å². The lowest BCUT2D eigenvalue weighted by atomic mass is 10.0. The standard InChI is InChI=1S/C19H16N4O3/c1-10-6-13(11-7-15(24-3)19-16(8-11)25-9-26-19)20-17-12(10)4-5-14-18(17)21-22-23(14)2/h4-8H,9H2,1-3H3. The Labute approximate surface area is 149 Å². The number of hydrogen-bond acceptors (Lipinski definition) is 6. The molecule has 0 unspecified atom stereocenters. The predicted molar refractivity (Wildman–Crippen MR) is 96.7 cm³/mol. The molecule has 0 saturated carbocycles. The normalized spacial score (nSPS) is 12.9. The van der Waals surface area contributed by atoms with Crippen molar-refractivity contribution in [2.24, 2.45) is 7.05 Å². The van der Waals surface area contributed by atoms with Crippen molar-refractivity contribution < 1.29 is 14.2 Å². The van der Waals surface area contributed by atoms with Crippen molar-refractivity contribution >= 4 is 21.9 Å². The van der Waals surface area contributed by atoms with Crippen LogP contribution >= 0.6 is 0 Å². The van der Waals surface area contributed by atoms with Crippen LogP contribution < -0.4 is 14.2 Å². The lowest BCUT2D eigenvalue weighted by Crippen LogP contribution is -1.93. The maximum absolute atomic E-state index is 5.54. The average molecular weight is 348 g/mol. The number of hydrogen-bond donors (Lipinski definition) is 0. The van der Waals surface area contributed by atoms with E-state index in [0.717, 1.165) is 38.8 Å². The zero-order valence-corrected chi connectivity index (χ0v) is 14.6. The van der Waals surface area contributed by atoms with Crippen LogP contribution in [0, 0.1) is 6.92 Å². The summed E-state index contributed by atoms with van der Waals surface area (Å²) in [5, 5.41) is 9.48. The lowest BCUT2D eigenvalue weighted by Gasteiger charge is -2.10. The average Bonchev–Trinajstić information content (AvgIpc) is 3.27. The molecule has 0 amide bonds. The van der Waals surface area contributed by atoms with E-state index in [-0.39, 0.29) is 6.79 Å². The van der Waals surface area contributed by atoms with Gasteiger partial charge in [0, 0.05) is 18.0 Å². The number of aryl methyl sites for hydroxylation is 2. The van der Waals surface area contributed by atoms with Crippen LogP contribution in [0.25, 0.3) is 33.2 Å². The Morgan fingerprint density at radius 1 is 1.12 bits per heavy atom. The molecule has 0 atom stereocenters. The molecule has 130 valence electrons. The number of nitrogens with zero attached hydrogens (tertiary/aromatic N) is 4. The van der Waals surface area contributed by atoms with Gasteiger partial charge in [0.15, 0.2) is 11.5 Å². The molecule has 26 heavy (non-hydrogen) atoms. The molecule has 3 heterocycles. The third kappa shape index (κ3) is 2.03. The summed E-state index contributed by atoms with van der Waals surface area (Å²) in [4.78, 5) is 4.88. The van der Waals surface area contributed by atoms with Gasteiger partial charge in [0.25, 0.3) is 0 Å². The van der Waals surface area contributed by atoms with E-state index in [1.54, 1.807) is 11.8 Å². The molecular weight excluding hydrogens is 332 g/mol. The summed E-state index contributed by atoms with van der Waals surface area (Å²) in [6.07, 6.45) is 0. The molecule has 5 rings (SSSR count). The summed E-state index contributed by atoms with van der Waals surface area (Å²) in [5.74, 6) is 1.92. The number of fused-ring (bicyclic) bond motifs is 4. The SMILES string of the molecule is COc1cc(-c2cc(C)c3ccc4c(nnn4C)c3n2)cc2c1OCO2. The van der Waals surface area contributed by atoms with E-state index < -0.39 is 0 Å². The fourth-order valence-corrected chi connectivity index (χ4v) is 3.38. The van der Waals surface area contributed by atoms with Gasteiger partial charge in [0.1, 0.15) is 11.0 Å². The van der Waals surface area contributed by atoms with Gasteiger partial charge in [0.2, 0.25) is 12.5 Å². The van der Waals surface area contributed by atoms with Crippen LogP contribution in [0.1, 0.15) is 5.56 Å². The molecule has 7 heteroatoms. The Kier molecular flexibility index (Phi) is 3.06. The Bertz CT molecular complexity index is 1180. The zero-order valence-electron chi connectivity index (χ0n) is 14.6. The highest BCUT2D eigenvalue weighted by Crippen LogP contribution is 2.44. The second-order valence-electron chi connectivity index (χ2n) is 6.28. The highest BCUT2D eigenvalue weighted by molar-refractivity contribution is 6.03. The number of aromatic nitrogens is 4. The van der Waals surface area contributed by atoms with E-state index >= 15 is 0 Å². The molecule has 0 radical (unpaired) electrons. The Balaban J connectivity index is 1.79. The number of ether oxygens (including phenoxy) is 3. The first kappa shape index (κ1) is 14.9. The Hall–Kier alpha value is -3.35. The first-order chi connectivity index (χ1) is 12.7. The highest BCUT2D eigenvalue weighted by Gasteiger charge is 2.21. The van der Waals surface area contributed by atoms with Crippen molar-refractivity contribution in [3.63, 3.8) is 0 Å². The summed E-state index contributed by atoms with van der Waals surface area (Å²) in [7, 11) is 3.49. The van der Waals surface area contributed by atoms with Gasteiger partial charge in [-0.25, -0.2) is 9.67 Å². The molecule has 0 fully saturated rings. The summed E-state index contributed by atoms with van der Waals surface area (Å²) in [6.45, 7) is 2.26. The molecule has 1 aliphatic heterocycles. The van der Waals surface area contributed by atoms with E-state index in [1.165, 1.54) is 0 Å². The second-order valence-corrected chi connectivity index (χ2v) is 6.28. The minimum atomic E-state index is 0.194. The summed E-state index contributed by atoms with van der Waals surface area (Å²) < 4.78 is 18.2. The number of benzene rings is 2. The third-order valence-electron chi connectivity index (χ3n) is 4.72. The maximum Gasteiger partial charge on any atom is 0.231 e. The van der Waals surface area contributed by atoms with Gasteiger partial charge in [-0.1, -0.05) is 11.3 Å². The van der Waals surface area contributed by atoms with Crippen LogP contribution in [-0.4, -0.2) is 33.9 Å². The topological polar surface area (TPSA) is 71.3 Å². The van der Waals surface area contributed by atoms with E-state index in [4.69, 9.17) is 19.2 Å². The Morgan fingerprint density at radius 2 is 2.00 bits per heavy atom. The molecule has 0 bridgehead atoms. The smallest absolute Gasteiger partial charge is 0.231 e. The van der Waals surface area contributed by atoms with Crippen molar-refractivity contribution in [3.05, 3.63) is 35.9 Å². The summed E-state index contributed by atoms with van der Waals surface area (Å²) in [6, 6.07) is 9.98. The lowest BCUT2D eigenvalue weighted by molar-refractivity contribution is 0.171. The van der Waals surface area contributed by atoms with Crippen molar-refractivity contribution in [1.82, 2.24) is 20.0 Å². The molecule has 7 nitrogen and oxygen atoms in total. The zero-order chi connectivity index (χ0) is 17.8. The van der Waals surface area contributed by atoms with Gasteiger partial charge in [-0.3, -0.25) is 0 Å². The van der Waals surface area contributed by atoms with Crippen molar-refractivity contribution in [1.29, 1.82) is 0 Å². The Morgan fingerprint density at radius 3 is 2.85 bits per heavy atom. The van der Waals surface area contributed by atoms with Gasteiger partial charge >= 0.3 is 0 Å². The molecule has 1 aliphatic rings. The van der Waals surface area contributed by atoms with Crippen LogP contribution in [0.4, 0.5) is 0 Å². The predicted octanol–water partition coefficient (Wildman–Crippen LogP) is 3.23. The van der Waals surface area contributed by atoms with Crippen molar-refractivity contribution in [3.8, 4) is 28.5 Å². The number of methoxy groups -OCH3 is 1. The fraction of sp³-hybridized carbons (Fsp3) is 0.211. The van der Waals surface area contributed by atoms with Crippen LogP contribution in [0.3, 0.4) is 0 Å². The van der Waals surface area contributed by atoms with Gasteiger partial charge in [-0.2, -0.15) is 0 Å².